The zero-order valence-corrected chi connectivity index (χ0v) is 9.42. The molecule has 2 rings (SSSR count). The average Bonchev–Trinajstić information content (AvgIpc) is 2.52. The van der Waals surface area contributed by atoms with Gasteiger partial charge in [-0.25, -0.2) is 0 Å². The van der Waals surface area contributed by atoms with Crippen molar-refractivity contribution in [3.05, 3.63) is 34.4 Å². The van der Waals surface area contributed by atoms with Crippen LogP contribution in [-0.4, -0.2) is 14.9 Å². The zero-order valence-electron chi connectivity index (χ0n) is 7.91. The highest BCUT2D eigenvalue weighted by molar-refractivity contribution is 6.42. The lowest BCUT2D eigenvalue weighted by atomic mass is 10.1. The van der Waals surface area contributed by atoms with Gasteiger partial charge in [0.2, 0.25) is 0 Å². The van der Waals surface area contributed by atoms with Crippen molar-refractivity contribution in [3.63, 3.8) is 0 Å². The predicted molar refractivity (Wildman–Crippen MR) is 60.3 cm³/mol. The molecule has 0 fully saturated rings. The fraction of sp³-hybridized carbons (Fsp3) is 0.100. The number of nitrogens with zero attached hydrogens (tertiary/aromatic N) is 2. The van der Waals surface area contributed by atoms with Gasteiger partial charge in [0.15, 0.2) is 5.75 Å². The predicted octanol–water partition coefficient (Wildman–Crippen LogP) is 3.10. The van der Waals surface area contributed by atoms with Gasteiger partial charge in [0.05, 0.1) is 16.2 Å². The lowest BCUT2D eigenvalue weighted by Crippen LogP contribution is -1.93. The monoisotopic (exact) mass is 242 g/mol. The number of aromatic nitrogens is 2. The molecule has 0 unspecified atom stereocenters. The molecule has 0 spiro atoms. The summed E-state index contributed by atoms with van der Waals surface area (Å²) in [4.78, 5) is 0. The first-order chi connectivity index (χ1) is 7.09. The largest absolute Gasteiger partial charge is 0.504 e. The summed E-state index contributed by atoms with van der Waals surface area (Å²) < 4.78 is 1.58. The van der Waals surface area contributed by atoms with Gasteiger partial charge in [-0.3, -0.25) is 4.68 Å². The van der Waals surface area contributed by atoms with Gasteiger partial charge in [0.1, 0.15) is 5.69 Å². The smallest absolute Gasteiger partial charge is 0.161 e. The number of hydrogen-bond acceptors (Lipinski definition) is 2. The lowest BCUT2D eigenvalue weighted by molar-refractivity contribution is 0.477. The molecule has 1 aromatic heterocycles. The first-order valence-corrected chi connectivity index (χ1v) is 5.01. The maximum atomic E-state index is 9.59. The maximum absolute atomic E-state index is 9.59. The van der Waals surface area contributed by atoms with Crippen molar-refractivity contribution >= 4 is 23.2 Å². The van der Waals surface area contributed by atoms with E-state index < -0.39 is 0 Å². The lowest BCUT2D eigenvalue weighted by Gasteiger charge is -2.04. The second kappa shape index (κ2) is 3.76. The number of halogens is 2. The number of aromatic hydroxyl groups is 1. The zero-order chi connectivity index (χ0) is 11.0. The standard InChI is InChI=1S/C10H8Cl2N2O/c1-14-10(9(15)5-13-14)6-2-3-7(11)8(12)4-6/h2-5,15H,1H3. The van der Waals surface area contributed by atoms with Crippen LogP contribution in [0, 0.1) is 0 Å². The second-order valence-corrected chi connectivity index (χ2v) is 3.95. The minimum atomic E-state index is 0.121. The summed E-state index contributed by atoms with van der Waals surface area (Å²) in [6, 6.07) is 5.16. The van der Waals surface area contributed by atoms with Crippen molar-refractivity contribution in [1.82, 2.24) is 9.78 Å². The van der Waals surface area contributed by atoms with Gasteiger partial charge in [-0.05, 0) is 12.1 Å². The van der Waals surface area contributed by atoms with Crippen LogP contribution >= 0.6 is 23.2 Å². The Labute approximate surface area is 96.9 Å². The molecule has 1 aromatic carbocycles. The number of aryl methyl sites for hydroxylation is 1. The molecular formula is C10H8Cl2N2O. The van der Waals surface area contributed by atoms with E-state index in [-0.39, 0.29) is 5.75 Å². The Morgan fingerprint density at radius 3 is 2.53 bits per heavy atom. The highest BCUT2D eigenvalue weighted by Crippen LogP contribution is 2.32. The Bertz CT molecular complexity index is 489. The van der Waals surface area contributed by atoms with Crippen molar-refractivity contribution < 1.29 is 5.11 Å². The summed E-state index contributed by atoms with van der Waals surface area (Å²) in [6.07, 6.45) is 1.39. The second-order valence-electron chi connectivity index (χ2n) is 3.13. The van der Waals surface area contributed by atoms with Gasteiger partial charge < -0.3 is 5.11 Å². The normalized spacial score (nSPS) is 10.6. The van der Waals surface area contributed by atoms with Gasteiger partial charge in [0.25, 0.3) is 0 Å². The summed E-state index contributed by atoms with van der Waals surface area (Å²) >= 11 is 11.7. The van der Waals surface area contributed by atoms with E-state index in [2.05, 4.69) is 5.10 Å². The molecule has 5 heteroatoms. The van der Waals surface area contributed by atoms with E-state index >= 15 is 0 Å². The summed E-state index contributed by atoms with van der Waals surface area (Å²) in [6.45, 7) is 0. The van der Waals surface area contributed by atoms with Crippen LogP contribution in [0.4, 0.5) is 0 Å². The topological polar surface area (TPSA) is 38.0 Å². The summed E-state index contributed by atoms with van der Waals surface area (Å²) in [5, 5.41) is 14.5. The van der Waals surface area contributed by atoms with E-state index in [0.717, 1.165) is 5.56 Å². The molecule has 15 heavy (non-hydrogen) atoms. The fourth-order valence-electron chi connectivity index (χ4n) is 1.40. The van der Waals surface area contributed by atoms with Gasteiger partial charge in [-0.15, -0.1) is 0 Å². The Morgan fingerprint density at radius 1 is 1.27 bits per heavy atom. The number of hydrogen-bond donors (Lipinski definition) is 1. The highest BCUT2D eigenvalue weighted by Gasteiger charge is 2.10. The minimum Gasteiger partial charge on any atom is -0.504 e. The molecule has 3 nitrogen and oxygen atoms in total. The Kier molecular flexibility index (Phi) is 2.59. The van der Waals surface area contributed by atoms with Crippen LogP contribution in [0.2, 0.25) is 10.0 Å². The molecule has 0 saturated carbocycles. The van der Waals surface area contributed by atoms with E-state index in [1.807, 2.05) is 0 Å². The van der Waals surface area contributed by atoms with Crippen molar-refractivity contribution in [2.24, 2.45) is 7.05 Å². The quantitative estimate of drug-likeness (QED) is 0.835. The average molecular weight is 243 g/mol. The molecule has 1 heterocycles. The molecule has 0 amide bonds. The summed E-state index contributed by atoms with van der Waals surface area (Å²) in [7, 11) is 1.75. The third-order valence-corrected chi connectivity index (χ3v) is 2.85. The third-order valence-electron chi connectivity index (χ3n) is 2.11. The molecule has 0 aliphatic rings. The van der Waals surface area contributed by atoms with E-state index in [1.165, 1.54) is 6.20 Å². The van der Waals surface area contributed by atoms with E-state index in [9.17, 15) is 5.11 Å². The molecule has 78 valence electrons. The van der Waals surface area contributed by atoms with Crippen molar-refractivity contribution in [1.29, 1.82) is 0 Å². The maximum Gasteiger partial charge on any atom is 0.161 e. The Morgan fingerprint density at radius 2 is 2.00 bits per heavy atom. The van der Waals surface area contributed by atoms with Crippen LogP contribution in [0.25, 0.3) is 11.3 Å². The fourth-order valence-corrected chi connectivity index (χ4v) is 1.70. The molecule has 0 radical (unpaired) electrons. The molecule has 0 aliphatic carbocycles. The van der Waals surface area contributed by atoms with Crippen LogP contribution in [0.1, 0.15) is 0 Å². The van der Waals surface area contributed by atoms with Gasteiger partial charge in [-0.2, -0.15) is 5.10 Å². The van der Waals surface area contributed by atoms with Gasteiger partial charge in [0, 0.05) is 12.6 Å². The van der Waals surface area contributed by atoms with Crippen molar-refractivity contribution in [2.75, 3.05) is 0 Å². The van der Waals surface area contributed by atoms with Gasteiger partial charge >= 0.3 is 0 Å². The Balaban J connectivity index is 2.59. The van der Waals surface area contributed by atoms with Crippen LogP contribution < -0.4 is 0 Å². The SMILES string of the molecule is Cn1ncc(O)c1-c1ccc(Cl)c(Cl)c1. The molecule has 1 N–H and O–H groups in total. The number of benzene rings is 1. The van der Waals surface area contributed by atoms with E-state index in [4.69, 9.17) is 23.2 Å². The van der Waals surface area contributed by atoms with Crippen molar-refractivity contribution in [3.8, 4) is 17.0 Å². The first kappa shape index (κ1) is 10.3. The van der Waals surface area contributed by atoms with Crippen LogP contribution in [0.15, 0.2) is 24.4 Å². The molecule has 0 saturated heterocycles. The molecule has 0 atom stereocenters. The number of rotatable bonds is 1. The Hall–Kier alpha value is -1.19. The van der Waals surface area contributed by atoms with Crippen LogP contribution in [0.3, 0.4) is 0 Å². The molecule has 0 bridgehead atoms. The summed E-state index contributed by atoms with van der Waals surface area (Å²) in [5.74, 6) is 0.121. The first-order valence-electron chi connectivity index (χ1n) is 4.26. The molecular weight excluding hydrogens is 235 g/mol. The van der Waals surface area contributed by atoms with Crippen LogP contribution in [-0.2, 0) is 7.05 Å². The van der Waals surface area contributed by atoms with Gasteiger partial charge in [-0.1, -0.05) is 29.3 Å². The van der Waals surface area contributed by atoms with E-state index in [0.29, 0.717) is 15.7 Å². The van der Waals surface area contributed by atoms with E-state index in [1.54, 1.807) is 29.9 Å². The highest BCUT2D eigenvalue weighted by atomic mass is 35.5. The van der Waals surface area contributed by atoms with Crippen LogP contribution in [0.5, 0.6) is 5.75 Å². The molecule has 2 aromatic rings. The summed E-state index contributed by atoms with van der Waals surface area (Å²) in [5.41, 5.74) is 1.40. The minimum absolute atomic E-state index is 0.121. The molecule has 0 aliphatic heterocycles. The third kappa shape index (κ3) is 1.80. The van der Waals surface area contributed by atoms with Crippen molar-refractivity contribution in [2.45, 2.75) is 0 Å².